The first-order valence-electron chi connectivity index (χ1n) is 4.87. The van der Waals surface area contributed by atoms with Gasteiger partial charge in [0.1, 0.15) is 11.9 Å². The summed E-state index contributed by atoms with van der Waals surface area (Å²) < 4.78 is 10.5. The van der Waals surface area contributed by atoms with Gasteiger partial charge < -0.3 is 9.47 Å². The molecule has 0 saturated heterocycles. The van der Waals surface area contributed by atoms with Crippen molar-refractivity contribution >= 4 is 5.97 Å². The van der Waals surface area contributed by atoms with Crippen molar-refractivity contribution in [2.24, 2.45) is 0 Å². The minimum Gasteiger partial charge on any atom is -0.493 e. The zero-order valence-corrected chi connectivity index (χ0v) is 9.16. The maximum absolute atomic E-state index is 10.8. The first-order valence-corrected chi connectivity index (χ1v) is 4.87. The van der Waals surface area contributed by atoms with Crippen LogP contribution in [0.3, 0.4) is 0 Å². The summed E-state index contributed by atoms with van der Waals surface area (Å²) in [5.41, 5.74) is 0.717. The van der Waals surface area contributed by atoms with Gasteiger partial charge in [0, 0.05) is 6.92 Å². The van der Waals surface area contributed by atoms with Gasteiger partial charge in [0.2, 0.25) is 0 Å². The Bertz CT molecular complexity index is 333. The first kappa shape index (κ1) is 11.4. The molecule has 0 amide bonds. The molecule has 0 bridgehead atoms. The van der Waals surface area contributed by atoms with E-state index in [-0.39, 0.29) is 12.1 Å². The molecule has 0 aliphatic carbocycles. The summed E-state index contributed by atoms with van der Waals surface area (Å²) in [4.78, 5) is 10.8. The van der Waals surface area contributed by atoms with Crippen LogP contribution < -0.4 is 4.74 Å². The van der Waals surface area contributed by atoms with E-state index in [1.807, 2.05) is 6.92 Å². The van der Waals surface area contributed by atoms with E-state index in [1.54, 1.807) is 19.1 Å². The molecule has 0 N–H and O–H groups in total. The second kappa shape index (κ2) is 5.26. The highest BCUT2D eigenvalue weighted by molar-refractivity contribution is 5.66. The molecule has 3 heteroatoms. The lowest BCUT2D eigenvalue weighted by Gasteiger charge is -2.13. The van der Waals surface area contributed by atoms with Crippen molar-refractivity contribution in [1.82, 2.24) is 0 Å². The summed E-state index contributed by atoms with van der Waals surface area (Å²) >= 11 is 0. The third-order valence-corrected chi connectivity index (χ3v) is 1.84. The molecule has 0 aliphatic heterocycles. The molecule has 15 heavy (non-hydrogen) atoms. The lowest BCUT2D eigenvalue weighted by molar-refractivity contribution is -0.145. The predicted octanol–water partition coefficient (Wildman–Crippen LogP) is 2.31. The topological polar surface area (TPSA) is 35.5 Å². The summed E-state index contributed by atoms with van der Waals surface area (Å²) in [5, 5.41) is 0. The molecule has 0 heterocycles. The molecule has 3 nitrogen and oxygen atoms in total. The Morgan fingerprint density at radius 2 is 2.33 bits per heavy atom. The highest BCUT2D eigenvalue weighted by Crippen LogP contribution is 2.25. The highest BCUT2D eigenvalue weighted by atomic mass is 16.5. The van der Waals surface area contributed by atoms with E-state index >= 15 is 0 Å². The molecule has 0 radical (unpaired) electrons. The van der Waals surface area contributed by atoms with Gasteiger partial charge in [-0.3, -0.25) is 4.79 Å². The SMILES string of the molecule is CCOc1ccc#cc1[C@@H](C)OC(C)=O. The van der Waals surface area contributed by atoms with E-state index in [0.717, 1.165) is 5.56 Å². The Morgan fingerprint density at radius 1 is 1.60 bits per heavy atom. The van der Waals surface area contributed by atoms with Crippen LogP contribution >= 0.6 is 0 Å². The van der Waals surface area contributed by atoms with Crippen molar-refractivity contribution in [3.8, 4) is 5.75 Å². The van der Waals surface area contributed by atoms with Crippen molar-refractivity contribution in [2.45, 2.75) is 26.9 Å². The lowest BCUT2D eigenvalue weighted by atomic mass is 10.1. The summed E-state index contributed by atoms with van der Waals surface area (Å²) in [6, 6.07) is 9.22. The highest BCUT2D eigenvalue weighted by Gasteiger charge is 2.13. The van der Waals surface area contributed by atoms with Gasteiger partial charge in [0.05, 0.1) is 12.2 Å². The minimum absolute atomic E-state index is 0.317. The number of rotatable bonds is 4. The minimum atomic E-state index is -0.360. The molecule has 1 rings (SSSR count). The zero-order valence-electron chi connectivity index (χ0n) is 9.16. The quantitative estimate of drug-likeness (QED) is 0.709. The van der Waals surface area contributed by atoms with Crippen LogP contribution in [-0.2, 0) is 9.53 Å². The van der Waals surface area contributed by atoms with Gasteiger partial charge in [-0.05, 0) is 26.0 Å². The molecule has 1 aromatic carbocycles. The smallest absolute Gasteiger partial charge is 0.303 e. The van der Waals surface area contributed by atoms with Crippen LogP contribution in [-0.4, -0.2) is 12.6 Å². The number of hydrogen-bond donors (Lipinski definition) is 0. The fraction of sp³-hybridized carbons (Fsp3) is 0.417. The Labute approximate surface area is 90.0 Å². The van der Waals surface area contributed by atoms with Crippen LogP contribution in [0.4, 0.5) is 0 Å². The van der Waals surface area contributed by atoms with Gasteiger partial charge in [0.25, 0.3) is 0 Å². The number of ether oxygens (including phenoxy) is 2. The Kier molecular flexibility index (Phi) is 3.99. The van der Waals surface area contributed by atoms with E-state index in [0.29, 0.717) is 12.4 Å². The van der Waals surface area contributed by atoms with E-state index in [1.165, 1.54) is 6.92 Å². The first-order chi connectivity index (χ1) is 7.15. The van der Waals surface area contributed by atoms with Crippen LogP contribution in [0.5, 0.6) is 5.75 Å². The average molecular weight is 206 g/mol. The Morgan fingerprint density at radius 3 is 2.93 bits per heavy atom. The summed E-state index contributed by atoms with van der Waals surface area (Å²) in [5.74, 6) is 0.368. The van der Waals surface area contributed by atoms with Gasteiger partial charge in [-0.2, -0.15) is 0 Å². The molecule has 1 aromatic rings. The monoisotopic (exact) mass is 206 g/mol. The molecular weight excluding hydrogens is 192 g/mol. The fourth-order valence-electron chi connectivity index (χ4n) is 1.28. The van der Waals surface area contributed by atoms with Crippen LogP contribution in [0, 0.1) is 12.1 Å². The number of carbonyl (C=O) groups is 1. The largest absolute Gasteiger partial charge is 0.493 e. The van der Waals surface area contributed by atoms with Gasteiger partial charge in [0.15, 0.2) is 0 Å². The Hall–Kier alpha value is -1.69. The van der Waals surface area contributed by atoms with Crippen molar-refractivity contribution in [2.75, 3.05) is 6.61 Å². The van der Waals surface area contributed by atoms with Crippen LogP contribution in [0.15, 0.2) is 12.1 Å². The van der Waals surface area contributed by atoms with Crippen LogP contribution in [0.2, 0.25) is 0 Å². The molecule has 0 saturated carbocycles. The molecule has 0 spiro atoms. The van der Waals surface area contributed by atoms with Crippen molar-refractivity contribution in [1.29, 1.82) is 0 Å². The normalized spacial score (nSPS) is 11.4. The van der Waals surface area contributed by atoms with E-state index in [9.17, 15) is 4.79 Å². The Balaban J connectivity index is 2.86. The molecular formula is C12H14O3. The van der Waals surface area contributed by atoms with Crippen molar-refractivity contribution < 1.29 is 14.3 Å². The molecule has 1 atom stereocenters. The van der Waals surface area contributed by atoms with E-state index in [4.69, 9.17) is 9.47 Å². The molecule has 0 aromatic heterocycles. The molecule has 0 aliphatic rings. The van der Waals surface area contributed by atoms with Gasteiger partial charge in [-0.25, -0.2) is 0 Å². The number of hydrogen-bond acceptors (Lipinski definition) is 3. The van der Waals surface area contributed by atoms with Gasteiger partial charge >= 0.3 is 5.97 Å². The third-order valence-electron chi connectivity index (χ3n) is 1.84. The summed E-state index contributed by atoms with van der Waals surface area (Å²) in [6.07, 6.45) is -0.360. The molecule has 0 fully saturated rings. The number of carbonyl (C=O) groups excluding carboxylic acids is 1. The van der Waals surface area contributed by atoms with Crippen molar-refractivity contribution in [3.63, 3.8) is 0 Å². The third kappa shape index (κ3) is 3.17. The predicted molar refractivity (Wildman–Crippen MR) is 55.5 cm³/mol. The zero-order chi connectivity index (χ0) is 11.3. The van der Waals surface area contributed by atoms with Crippen molar-refractivity contribution in [3.05, 3.63) is 29.8 Å². The second-order valence-electron chi connectivity index (χ2n) is 3.07. The van der Waals surface area contributed by atoms with Crippen LogP contribution in [0.25, 0.3) is 0 Å². The molecule has 0 unspecified atom stereocenters. The maximum Gasteiger partial charge on any atom is 0.303 e. The number of esters is 1. The standard InChI is InChI=1S/C12H14O3/c1-4-14-12-8-6-5-7-11(12)9(2)15-10(3)13/h6,8-9H,4H2,1-3H3/t9-/m1/s1. The van der Waals surface area contributed by atoms with Crippen LogP contribution in [0.1, 0.15) is 32.4 Å². The maximum atomic E-state index is 10.8. The van der Waals surface area contributed by atoms with Gasteiger partial charge in [-0.15, -0.1) is 0 Å². The lowest BCUT2D eigenvalue weighted by Crippen LogP contribution is -2.06. The van der Waals surface area contributed by atoms with E-state index < -0.39 is 0 Å². The fourth-order valence-corrected chi connectivity index (χ4v) is 1.28. The molecule has 80 valence electrons. The van der Waals surface area contributed by atoms with Gasteiger partial charge in [-0.1, -0.05) is 12.1 Å². The average Bonchev–Trinajstić information content (AvgIpc) is 2.18. The second-order valence-corrected chi connectivity index (χ2v) is 3.07. The summed E-state index contributed by atoms with van der Waals surface area (Å²) in [7, 11) is 0. The summed E-state index contributed by atoms with van der Waals surface area (Å²) in [6.45, 7) is 5.63. The van der Waals surface area contributed by atoms with E-state index in [2.05, 4.69) is 12.1 Å².